The molecule has 0 saturated heterocycles. The molecule has 1 aromatic carbocycles. The number of hydrazine groups is 1. The molecule has 2 aliphatic rings. The highest BCUT2D eigenvalue weighted by molar-refractivity contribution is 7.80. The third kappa shape index (κ3) is 2.76. The number of fused-ring (bicyclic) bond motifs is 1. The van der Waals surface area contributed by atoms with Gasteiger partial charge in [0.05, 0.1) is 11.1 Å². The van der Waals surface area contributed by atoms with Gasteiger partial charge >= 0.3 is 0 Å². The van der Waals surface area contributed by atoms with Crippen LogP contribution in [0.2, 0.25) is 0 Å². The number of benzene rings is 1. The summed E-state index contributed by atoms with van der Waals surface area (Å²) in [7, 11) is 0. The zero-order chi connectivity index (χ0) is 14.8. The van der Waals surface area contributed by atoms with Gasteiger partial charge in [0.25, 0.3) is 11.8 Å². The Hall–Kier alpha value is -1.95. The van der Waals surface area contributed by atoms with Crippen molar-refractivity contribution >= 4 is 29.1 Å². The highest BCUT2D eigenvalue weighted by Gasteiger charge is 2.36. The van der Waals surface area contributed by atoms with E-state index < -0.39 is 0 Å². The van der Waals surface area contributed by atoms with Crippen LogP contribution in [0.4, 0.5) is 0 Å². The van der Waals surface area contributed by atoms with Crippen LogP contribution in [0.25, 0.3) is 0 Å². The molecule has 1 heterocycles. The van der Waals surface area contributed by atoms with E-state index in [9.17, 15) is 9.59 Å². The molecule has 0 unspecified atom stereocenters. The Labute approximate surface area is 128 Å². The normalized spacial score (nSPS) is 18.6. The number of hydrogen-bond acceptors (Lipinski definition) is 3. The van der Waals surface area contributed by atoms with Crippen molar-refractivity contribution in [3.63, 3.8) is 0 Å². The van der Waals surface area contributed by atoms with E-state index in [1.807, 2.05) is 0 Å². The van der Waals surface area contributed by atoms with E-state index in [1.165, 1.54) is 19.3 Å². The number of nitrogens with zero attached hydrogens (tertiary/aromatic N) is 1. The summed E-state index contributed by atoms with van der Waals surface area (Å²) in [5, 5.41) is 4.51. The SMILES string of the molecule is O=C1c2ccccc2C(=O)N1NC(=S)NC1CCCCC1. The van der Waals surface area contributed by atoms with Crippen LogP contribution in [0.5, 0.6) is 0 Å². The molecule has 2 N–H and O–H groups in total. The molecule has 1 aliphatic carbocycles. The summed E-state index contributed by atoms with van der Waals surface area (Å²) in [5.74, 6) is -0.716. The standard InChI is InChI=1S/C15H17N3O2S/c19-13-11-8-4-5-9-12(11)14(20)18(13)17-15(21)16-10-6-2-1-3-7-10/h4-5,8-10H,1-3,6-7H2,(H2,16,17,21). The number of hydrogen-bond donors (Lipinski definition) is 2. The Kier molecular flexibility index (Phi) is 3.88. The first-order valence-electron chi connectivity index (χ1n) is 7.22. The topological polar surface area (TPSA) is 61.4 Å². The van der Waals surface area contributed by atoms with Crippen molar-refractivity contribution in [2.75, 3.05) is 0 Å². The van der Waals surface area contributed by atoms with Gasteiger partial charge < -0.3 is 5.32 Å². The van der Waals surface area contributed by atoms with Crippen molar-refractivity contribution in [3.8, 4) is 0 Å². The number of carbonyl (C=O) groups excluding carboxylic acids is 2. The van der Waals surface area contributed by atoms with Gasteiger partial charge in [0.2, 0.25) is 0 Å². The van der Waals surface area contributed by atoms with Crippen molar-refractivity contribution in [2.24, 2.45) is 0 Å². The lowest BCUT2D eigenvalue weighted by Gasteiger charge is -2.26. The molecule has 5 nitrogen and oxygen atoms in total. The zero-order valence-electron chi connectivity index (χ0n) is 11.6. The third-order valence-electron chi connectivity index (χ3n) is 3.95. The lowest BCUT2D eigenvalue weighted by atomic mass is 9.96. The molecule has 21 heavy (non-hydrogen) atoms. The number of rotatable bonds is 2. The largest absolute Gasteiger partial charge is 0.359 e. The Morgan fingerprint density at radius 3 is 2.19 bits per heavy atom. The van der Waals surface area contributed by atoms with Gasteiger partial charge in [-0.3, -0.25) is 15.0 Å². The summed E-state index contributed by atoms with van der Waals surface area (Å²) in [6.45, 7) is 0. The van der Waals surface area contributed by atoms with Crippen LogP contribution >= 0.6 is 12.2 Å². The molecule has 0 radical (unpaired) electrons. The summed E-state index contributed by atoms with van der Waals surface area (Å²) in [6, 6.07) is 7.11. The molecule has 1 aliphatic heterocycles. The average molecular weight is 303 g/mol. The molecule has 1 saturated carbocycles. The minimum Gasteiger partial charge on any atom is -0.359 e. The maximum Gasteiger partial charge on any atom is 0.280 e. The van der Waals surface area contributed by atoms with Gasteiger partial charge in [0.1, 0.15) is 0 Å². The second kappa shape index (κ2) is 5.81. The molecule has 3 rings (SSSR count). The number of nitrogens with one attached hydrogen (secondary N) is 2. The molecule has 1 fully saturated rings. The van der Waals surface area contributed by atoms with Crippen molar-refractivity contribution in [1.82, 2.24) is 15.8 Å². The van der Waals surface area contributed by atoms with Crippen LogP contribution in [0.1, 0.15) is 52.8 Å². The summed E-state index contributed by atoms with van der Waals surface area (Å²) in [4.78, 5) is 24.4. The van der Waals surface area contributed by atoms with E-state index in [0.717, 1.165) is 17.9 Å². The molecule has 110 valence electrons. The first-order valence-corrected chi connectivity index (χ1v) is 7.62. The third-order valence-corrected chi connectivity index (χ3v) is 4.16. The molecular weight excluding hydrogens is 286 g/mol. The summed E-state index contributed by atoms with van der Waals surface area (Å²) in [6.07, 6.45) is 5.78. The van der Waals surface area contributed by atoms with E-state index in [-0.39, 0.29) is 11.8 Å². The fourth-order valence-corrected chi connectivity index (χ4v) is 3.11. The first-order chi connectivity index (χ1) is 10.2. The van der Waals surface area contributed by atoms with E-state index >= 15 is 0 Å². The highest BCUT2D eigenvalue weighted by atomic mass is 32.1. The van der Waals surface area contributed by atoms with Gasteiger partial charge in [0, 0.05) is 6.04 Å². The zero-order valence-corrected chi connectivity index (χ0v) is 12.4. The predicted octanol–water partition coefficient (Wildman–Crippen LogP) is 1.99. The van der Waals surface area contributed by atoms with Crippen molar-refractivity contribution < 1.29 is 9.59 Å². The maximum atomic E-state index is 12.2. The fourth-order valence-electron chi connectivity index (χ4n) is 2.86. The maximum absolute atomic E-state index is 12.2. The lowest BCUT2D eigenvalue weighted by Crippen LogP contribution is -2.52. The molecular formula is C15H17N3O2S. The lowest BCUT2D eigenvalue weighted by molar-refractivity contribution is 0.0610. The highest BCUT2D eigenvalue weighted by Crippen LogP contribution is 2.21. The molecule has 0 bridgehead atoms. The smallest absolute Gasteiger partial charge is 0.280 e. The minimum absolute atomic E-state index is 0.328. The molecule has 1 aromatic rings. The second-order valence-electron chi connectivity index (χ2n) is 5.41. The van der Waals surface area contributed by atoms with Crippen LogP contribution < -0.4 is 10.7 Å². The quantitative estimate of drug-likeness (QED) is 0.646. The average Bonchev–Trinajstić information content (AvgIpc) is 2.74. The monoisotopic (exact) mass is 303 g/mol. The van der Waals surface area contributed by atoms with Gasteiger partial charge in [-0.1, -0.05) is 31.4 Å². The Morgan fingerprint density at radius 2 is 1.62 bits per heavy atom. The van der Waals surface area contributed by atoms with Crippen molar-refractivity contribution in [2.45, 2.75) is 38.1 Å². The predicted molar refractivity (Wildman–Crippen MR) is 82.7 cm³/mol. The molecule has 2 amide bonds. The first kappa shape index (κ1) is 14.0. The van der Waals surface area contributed by atoms with E-state index in [2.05, 4.69) is 10.7 Å². The van der Waals surface area contributed by atoms with Gasteiger partial charge in [0.15, 0.2) is 5.11 Å². The van der Waals surface area contributed by atoms with Crippen LogP contribution in [0.15, 0.2) is 24.3 Å². The Morgan fingerprint density at radius 1 is 1.05 bits per heavy atom. The minimum atomic E-state index is -0.358. The molecule has 0 spiro atoms. The number of carbonyl (C=O) groups is 2. The van der Waals surface area contributed by atoms with E-state index in [0.29, 0.717) is 22.3 Å². The summed E-state index contributed by atoms with van der Waals surface area (Å²) < 4.78 is 0. The number of amides is 2. The van der Waals surface area contributed by atoms with Crippen LogP contribution in [-0.2, 0) is 0 Å². The van der Waals surface area contributed by atoms with E-state index in [1.54, 1.807) is 24.3 Å². The van der Waals surface area contributed by atoms with Crippen LogP contribution in [0, 0.1) is 0 Å². The van der Waals surface area contributed by atoms with Gasteiger partial charge in [-0.05, 0) is 37.2 Å². The Bertz CT molecular complexity index is 561. The van der Waals surface area contributed by atoms with Gasteiger partial charge in [-0.25, -0.2) is 0 Å². The van der Waals surface area contributed by atoms with Gasteiger partial charge in [-0.15, -0.1) is 0 Å². The van der Waals surface area contributed by atoms with Crippen molar-refractivity contribution in [3.05, 3.63) is 35.4 Å². The fraction of sp³-hybridized carbons (Fsp3) is 0.400. The van der Waals surface area contributed by atoms with Crippen LogP contribution in [0.3, 0.4) is 0 Å². The Balaban J connectivity index is 1.64. The van der Waals surface area contributed by atoms with E-state index in [4.69, 9.17) is 12.2 Å². The van der Waals surface area contributed by atoms with Gasteiger partial charge in [-0.2, -0.15) is 5.01 Å². The summed E-state index contributed by atoms with van der Waals surface area (Å²) >= 11 is 5.22. The van der Waals surface area contributed by atoms with Crippen molar-refractivity contribution in [1.29, 1.82) is 0 Å². The molecule has 6 heteroatoms. The number of thiocarbonyl (C=S) groups is 1. The molecule has 0 aromatic heterocycles. The summed E-state index contributed by atoms with van der Waals surface area (Å²) in [5.41, 5.74) is 3.55. The van der Waals surface area contributed by atoms with Crippen LogP contribution in [-0.4, -0.2) is 28.0 Å². The number of imide groups is 1. The second-order valence-corrected chi connectivity index (χ2v) is 5.82. The molecule has 0 atom stereocenters.